The molecule has 0 spiro atoms. The fraction of sp³-hybridized carbons (Fsp3) is 0.889. The summed E-state index contributed by atoms with van der Waals surface area (Å²) in [5.74, 6) is 0.0347. The second-order valence-electron chi connectivity index (χ2n) is 3.69. The van der Waals surface area contributed by atoms with E-state index in [1.807, 2.05) is 6.92 Å². The van der Waals surface area contributed by atoms with Gasteiger partial charge in [0, 0.05) is 6.04 Å². The zero-order chi connectivity index (χ0) is 11.2. The molecule has 0 aromatic rings. The summed E-state index contributed by atoms with van der Waals surface area (Å²) in [6.07, 6.45) is 1.84. The summed E-state index contributed by atoms with van der Waals surface area (Å²) in [5, 5.41) is 8.27. The van der Waals surface area contributed by atoms with Crippen molar-refractivity contribution in [3.63, 3.8) is 0 Å². The van der Waals surface area contributed by atoms with Crippen molar-refractivity contribution in [2.24, 2.45) is 5.92 Å². The number of rotatable bonds is 6. The summed E-state index contributed by atoms with van der Waals surface area (Å²) in [6.45, 7) is 5.97. The van der Waals surface area contributed by atoms with Crippen molar-refractivity contribution in [3.05, 3.63) is 0 Å². The number of nitrogens with one attached hydrogen (secondary N) is 1. The summed E-state index contributed by atoms with van der Waals surface area (Å²) in [4.78, 5) is 0. The SMILES string of the molecule is CCC(C)CC(C)NS(=O)(=O)CC#N. The molecule has 2 atom stereocenters. The summed E-state index contributed by atoms with van der Waals surface area (Å²) < 4.78 is 24.8. The van der Waals surface area contributed by atoms with E-state index in [4.69, 9.17) is 5.26 Å². The Morgan fingerprint density at radius 1 is 1.43 bits per heavy atom. The molecule has 0 aromatic carbocycles. The Morgan fingerprint density at radius 3 is 2.43 bits per heavy atom. The highest BCUT2D eigenvalue weighted by Crippen LogP contribution is 2.09. The molecule has 0 aliphatic heterocycles. The molecule has 0 saturated carbocycles. The van der Waals surface area contributed by atoms with Gasteiger partial charge in [-0.1, -0.05) is 20.3 Å². The second-order valence-corrected chi connectivity index (χ2v) is 5.44. The third kappa shape index (κ3) is 5.95. The van der Waals surface area contributed by atoms with Crippen LogP contribution in [0.15, 0.2) is 0 Å². The smallest absolute Gasteiger partial charge is 0.212 e. The topological polar surface area (TPSA) is 70.0 Å². The van der Waals surface area contributed by atoms with Crippen molar-refractivity contribution in [1.82, 2.24) is 4.72 Å². The van der Waals surface area contributed by atoms with Gasteiger partial charge in [0.1, 0.15) is 0 Å². The highest BCUT2D eigenvalue weighted by molar-refractivity contribution is 7.89. The predicted molar refractivity (Wildman–Crippen MR) is 56.1 cm³/mol. The lowest BCUT2D eigenvalue weighted by molar-refractivity contribution is 0.446. The van der Waals surface area contributed by atoms with E-state index in [2.05, 4.69) is 18.6 Å². The minimum Gasteiger partial charge on any atom is -0.212 e. The first kappa shape index (κ1) is 13.4. The Bertz CT molecular complexity index is 292. The van der Waals surface area contributed by atoms with Crippen LogP contribution in [0.2, 0.25) is 0 Å². The van der Waals surface area contributed by atoms with Crippen LogP contribution >= 0.6 is 0 Å². The molecule has 82 valence electrons. The average molecular weight is 218 g/mol. The lowest BCUT2D eigenvalue weighted by Gasteiger charge is -2.16. The Kier molecular flexibility index (Phi) is 5.73. The van der Waals surface area contributed by atoms with Gasteiger partial charge in [-0.05, 0) is 19.3 Å². The van der Waals surface area contributed by atoms with E-state index < -0.39 is 15.8 Å². The highest BCUT2D eigenvalue weighted by atomic mass is 32.2. The Balaban J connectivity index is 4.07. The molecule has 0 saturated heterocycles. The molecule has 0 rings (SSSR count). The molecule has 0 amide bonds. The third-order valence-electron chi connectivity index (χ3n) is 2.09. The van der Waals surface area contributed by atoms with E-state index in [-0.39, 0.29) is 6.04 Å². The van der Waals surface area contributed by atoms with Crippen molar-refractivity contribution < 1.29 is 8.42 Å². The molecule has 0 aliphatic rings. The van der Waals surface area contributed by atoms with Gasteiger partial charge < -0.3 is 0 Å². The zero-order valence-corrected chi connectivity index (χ0v) is 9.76. The van der Waals surface area contributed by atoms with Gasteiger partial charge in [0.2, 0.25) is 10.0 Å². The van der Waals surface area contributed by atoms with Gasteiger partial charge in [0.25, 0.3) is 0 Å². The van der Waals surface area contributed by atoms with Crippen LogP contribution in [-0.2, 0) is 10.0 Å². The standard InChI is InChI=1S/C9H18N2O2S/c1-4-8(2)7-9(3)11-14(12,13)6-5-10/h8-9,11H,4,6-7H2,1-3H3. The van der Waals surface area contributed by atoms with E-state index in [1.54, 1.807) is 6.07 Å². The van der Waals surface area contributed by atoms with Gasteiger partial charge in [-0.15, -0.1) is 0 Å². The van der Waals surface area contributed by atoms with Gasteiger partial charge in [-0.2, -0.15) is 5.26 Å². The van der Waals surface area contributed by atoms with E-state index in [0.717, 1.165) is 12.8 Å². The Morgan fingerprint density at radius 2 is 2.00 bits per heavy atom. The van der Waals surface area contributed by atoms with Crippen LogP contribution < -0.4 is 4.72 Å². The van der Waals surface area contributed by atoms with Gasteiger partial charge >= 0.3 is 0 Å². The first-order valence-corrected chi connectivity index (χ1v) is 6.43. The Labute approximate surface area is 86.4 Å². The summed E-state index contributed by atoms with van der Waals surface area (Å²) >= 11 is 0. The number of hydrogen-bond acceptors (Lipinski definition) is 3. The molecular weight excluding hydrogens is 200 g/mol. The molecule has 4 nitrogen and oxygen atoms in total. The first-order chi connectivity index (χ1) is 6.41. The molecular formula is C9H18N2O2S. The van der Waals surface area contributed by atoms with Crippen molar-refractivity contribution in [1.29, 1.82) is 5.26 Å². The second kappa shape index (κ2) is 5.99. The van der Waals surface area contributed by atoms with Crippen LogP contribution in [0.1, 0.15) is 33.6 Å². The fourth-order valence-corrected chi connectivity index (χ4v) is 2.21. The highest BCUT2D eigenvalue weighted by Gasteiger charge is 2.15. The van der Waals surface area contributed by atoms with Crippen LogP contribution in [0.3, 0.4) is 0 Å². The van der Waals surface area contributed by atoms with Gasteiger partial charge in [0.05, 0.1) is 6.07 Å². The Hall–Kier alpha value is -0.600. The molecule has 0 aromatic heterocycles. The molecule has 5 heteroatoms. The van der Waals surface area contributed by atoms with Crippen LogP contribution in [-0.4, -0.2) is 20.2 Å². The minimum absolute atomic E-state index is 0.0942. The van der Waals surface area contributed by atoms with E-state index in [1.165, 1.54) is 0 Å². The summed E-state index contributed by atoms with van der Waals surface area (Å²) in [7, 11) is -3.40. The lowest BCUT2D eigenvalue weighted by Crippen LogP contribution is -2.35. The number of nitrogens with zero attached hydrogens (tertiary/aromatic N) is 1. The van der Waals surface area contributed by atoms with E-state index in [9.17, 15) is 8.42 Å². The number of nitriles is 1. The lowest BCUT2D eigenvalue weighted by atomic mass is 10.0. The maximum atomic E-state index is 11.2. The van der Waals surface area contributed by atoms with Gasteiger partial charge in [-0.3, -0.25) is 0 Å². The molecule has 0 aliphatic carbocycles. The molecule has 14 heavy (non-hydrogen) atoms. The van der Waals surface area contributed by atoms with Crippen LogP contribution in [0.5, 0.6) is 0 Å². The average Bonchev–Trinajstić information content (AvgIpc) is 2.02. The van der Waals surface area contributed by atoms with E-state index >= 15 is 0 Å². The number of sulfonamides is 1. The van der Waals surface area contributed by atoms with E-state index in [0.29, 0.717) is 5.92 Å². The van der Waals surface area contributed by atoms with Crippen molar-refractivity contribution in [2.45, 2.75) is 39.7 Å². The zero-order valence-electron chi connectivity index (χ0n) is 8.95. The van der Waals surface area contributed by atoms with Crippen LogP contribution in [0, 0.1) is 17.2 Å². The maximum absolute atomic E-state index is 11.2. The normalized spacial score (nSPS) is 15.9. The molecule has 2 unspecified atom stereocenters. The van der Waals surface area contributed by atoms with Gasteiger partial charge in [-0.25, -0.2) is 13.1 Å². The molecule has 0 heterocycles. The maximum Gasteiger partial charge on any atom is 0.225 e. The predicted octanol–water partition coefficient (Wildman–Crippen LogP) is 1.25. The summed E-state index contributed by atoms with van der Waals surface area (Å²) in [5.41, 5.74) is 0. The van der Waals surface area contributed by atoms with Crippen LogP contribution in [0.25, 0.3) is 0 Å². The molecule has 0 bridgehead atoms. The van der Waals surface area contributed by atoms with Gasteiger partial charge in [0.15, 0.2) is 5.75 Å². The van der Waals surface area contributed by atoms with Crippen molar-refractivity contribution >= 4 is 10.0 Å². The number of hydrogen-bond donors (Lipinski definition) is 1. The summed E-state index contributed by atoms with van der Waals surface area (Å²) in [6, 6.07) is 1.54. The quantitative estimate of drug-likeness (QED) is 0.729. The third-order valence-corrected chi connectivity index (χ3v) is 3.36. The molecule has 0 fully saturated rings. The van der Waals surface area contributed by atoms with Crippen molar-refractivity contribution in [3.8, 4) is 6.07 Å². The molecule has 1 N–H and O–H groups in total. The van der Waals surface area contributed by atoms with Crippen LogP contribution in [0.4, 0.5) is 0 Å². The molecule has 0 radical (unpaired) electrons. The largest absolute Gasteiger partial charge is 0.225 e. The monoisotopic (exact) mass is 218 g/mol. The minimum atomic E-state index is -3.40. The van der Waals surface area contributed by atoms with Crippen molar-refractivity contribution in [2.75, 3.05) is 5.75 Å². The first-order valence-electron chi connectivity index (χ1n) is 4.78. The fourth-order valence-electron chi connectivity index (χ4n) is 1.25.